The van der Waals surface area contributed by atoms with Crippen molar-refractivity contribution < 1.29 is 4.42 Å². The van der Waals surface area contributed by atoms with E-state index in [1.54, 1.807) is 0 Å². The zero-order valence-electron chi connectivity index (χ0n) is 13.8. The van der Waals surface area contributed by atoms with E-state index in [1.165, 1.54) is 0 Å². The molecule has 4 heteroatoms. The Morgan fingerprint density at radius 1 is 0.731 bits per heavy atom. The highest BCUT2D eigenvalue weighted by atomic mass is 16.4. The van der Waals surface area contributed by atoms with Crippen LogP contribution in [0, 0.1) is 0 Å². The van der Waals surface area contributed by atoms with E-state index in [-0.39, 0.29) is 0 Å². The number of imidazole rings is 1. The predicted molar refractivity (Wildman–Crippen MR) is 103 cm³/mol. The Kier molecular flexibility index (Phi) is 2.58. The summed E-state index contributed by atoms with van der Waals surface area (Å²) < 4.78 is 8.08. The lowest BCUT2D eigenvalue weighted by molar-refractivity contribution is 0.643. The average Bonchev–Trinajstić information content (AvgIpc) is 3.24. The number of para-hydroxylation sites is 3. The van der Waals surface area contributed by atoms with Crippen molar-refractivity contribution in [3.05, 3.63) is 78.9 Å². The summed E-state index contributed by atoms with van der Waals surface area (Å²) in [7, 11) is 0. The molecule has 0 spiro atoms. The monoisotopic (exact) mass is 335 g/mol. The van der Waals surface area contributed by atoms with Crippen LogP contribution in [0.5, 0.6) is 0 Å². The van der Waals surface area contributed by atoms with Crippen molar-refractivity contribution in [3.8, 4) is 11.3 Å². The lowest BCUT2D eigenvalue weighted by Crippen LogP contribution is -1.91. The molecule has 26 heavy (non-hydrogen) atoms. The molecule has 0 aliphatic rings. The normalized spacial score (nSPS) is 11.8. The molecule has 0 atom stereocenters. The number of nitrogens with zero attached hydrogens (tertiary/aromatic N) is 3. The largest absolute Gasteiger partial charge is 0.423 e. The summed E-state index contributed by atoms with van der Waals surface area (Å²) in [5, 5.41) is 1.03. The molecule has 0 aliphatic carbocycles. The lowest BCUT2D eigenvalue weighted by atomic mass is 10.1. The van der Waals surface area contributed by atoms with Crippen LogP contribution in [0.1, 0.15) is 0 Å². The quantitative estimate of drug-likeness (QED) is 0.401. The second-order valence-corrected chi connectivity index (χ2v) is 6.34. The highest BCUT2D eigenvalue weighted by molar-refractivity contribution is 6.09. The number of hydrogen-bond acceptors (Lipinski definition) is 3. The standard InChI is InChI=1S/C22H13N3O/c1-2-8-14(9-3-1)19-21-20(15-10-4-5-11-16(15)23-19)24-22-25(21)17-12-6-7-13-18(17)26-22/h1-13H. The van der Waals surface area contributed by atoms with Gasteiger partial charge in [-0.25, -0.2) is 4.98 Å². The molecule has 3 heterocycles. The van der Waals surface area contributed by atoms with E-state index >= 15 is 0 Å². The molecule has 122 valence electrons. The maximum absolute atomic E-state index is 6.00. The molecule has 0 saturated heterocycles. The van der Waals surface area contributed by atoms with Gasteiger partial charge in [0.05, 0.1) is 16.7 Å². The number of rotatable bonds is 1. The Labute approximate surface area is 148 Å². The first kappa shape index (κ1) is 13.6. The highest BCUT2D eigenvalue weighted by Crippen LogP contribution is 2.35. The van der Waals surface area contributed by atoms with Crippen molar-refractivity contribution in [1.29, 1.82) is 0 Å². The summed E-state index contributed by atoms with van der Waals surface area (Å²) in [5.41, 5.74) is 6.63. The summed E-state index contributed by atoms with van der Waals surface area (Å²) >= 11 is 0. The fourth-order valence-electron chi connectivity index (χ4n) is 3.67. The van der Waals surface area contributed by atoms with Crippen LogP contribution in [-0.2, 0) is 0 Å². The van der Waals surface area contributed by atoms with E-state index in [9.17, 15) is 0 Å². The molecule has 0 unspecified atom stereocenters. The van der Waals surface area contributed by atoms with Gasteiger partial charge in [0.2, 0.25) is 0 Å². The van der Waals surface area contributed by atoms with Crippen LogP contribution in [0.2, 0.25) is 0 Å². The second kappa shape index (κ2) is 4.92. The zero-order chi connectivity index (χ0) is 17.1. The molecule has 0 saturated carbocycles. The SMILES string of the molecule is c1ccc(-c2nc3ccccc3c3nc4oc5ccccc5n4c23)cc1. The van der Waals surface area contributed by atoms with Crippen LogP contribution >= 0.6 is 0 Å². The predicted octanol–water partition coefficient (Wildman–Crippen LogP) is 5.45. The topological polar surface area (TPSA) is 43.3 Å². The third-order valence-electron chi connectivity index (χ3n) is 4.82. The van der Waals surface area contributed by atoms with Gasteiger partial charge in [0.1, 0.15) is 11.0 Å². The maximum Gasteiger partial charge on any atom is 0.307 e. The smallest absolute Gasteiger partial charge is 0.307 e. The first-order valence-electron chi connectivity index (χ1n) is 8.54. The first-order valence-corrected chi connectivity index (χ1v) is 8.54. The summed E-state index contributed by atoms with van der Waals surface area (Å²) in [5.74, 6) is 0.594. The van der Waals surface area contributed by atoms with Crippen molar-refractivity contribution in [2.24, 2.45) is 0 Å². The molecule has 0 radical (unpaired) electrons. The van der Waals surface area contributed by atoms with E-state index in [1.807, 2.05) is 54.6 Å². The van der Waals surface area contributed by atoms with Crippen LogP contribution in [-0.4, -0.2) is 14.4 Å². The average molecular weight is 335 g/mol. The van der Waals surface area contributed by atoms with Gasteiger partial charge in [0.15, 0.2) is 5.58 Å². The van der Waals surface area contributed by atoms with Crippen LogP contribution in [0.3, 0.4) is 0 Å². The van der Waals surface area contributed by atoms with Gasteiger partial charge in [0.25, 0.3) is 0 Å². The van der Waals surface area contributed by atoms with Crippen molar-refractivity contribution >= 4 is 38.9 Å². The maximum atomic E-state index is 6.00. The molecule has 0 N–H and O–H groups in total. The second-order valence-electron chi connectivity index (χ2n) is 6.34. The Bertz CT molecular complexity index is 1420. The van der Waals surface area contributed by atoms with Crippen molar-refractivity contribution in [3.63, 3.8) is 0 Å². The molecule has 3 aromatic heterocycles. The third-order valence-corrected chi connectivity index (χ3v) is 4.82. The molecule has 6 aromatic rings. The van der Waals surface area contributed by atoms with E-state index < -0.39 is 0 Å². The number of benzene rings is 3. The Hall–Kier alpha value is -3.66. The summed E-state index contributed by atoms with van der Waals surface area (Å²) in [6.45, 7) is 0. The Morgan fingerprint density at radius 3 is 2.42 bits per heavy atom. The molecule has 0 fully saturated rings. The van der Waals surface area contributed by atoms with E-state index in [0.717, 1.165) is 44.3 Å². The fourth-order valence-corrected chi connectivity index (χ4v) is 3.67. The van der Waals surface area contributed by atoms with Crippen LogP contribution in [0.15, 0.2) is 83.3 Å². The minimum absolute atomic E-state index is 0.594. The van der Waals surface area contributed by atoms with Gasteiger partial charge >= 0.3 is 5.84 Å². The summed E-state index contributed by atoms with van der Waals surface area (Å²) in [4.78, 5) is 9.80. The minimum atomic E-state index is 0.594. The number of fused-ring (bicyclic) bond motifs is 7. The number of hydrogen-bond donors (Lipinski definition) is 0. The fraction of sp³-hybridized carbons (Fsp3) is 0. The van der Waals surface area contributed by atoms with Crippen LogP contribution < -0.4 is 0 Å². The molecule has 3 aromatic carbocycles. The minimum Gasteiger partial charge on any atom is -0.423 e. The molecular formula is C22H13N3O. The summed E-state index contributed by atoms with van der Waals surface area (Å²) in [6.07, 6.45) is 0. The van der Waals surface area contributed by atoms with Gasteiger partial charge in [0, 0.05) is 10.9 Å². The summed E-state index contributed by atoms with van der Waals surface area (Å²) in [6, 6.07) is 26.4. The van der Waals surface area contributed by atoms with Crippen LogP contribution in [0.4, 0.5) is 0 Å². The third kappa shape index (κ3) is 1.73. The molecule has 0 aliphatic heterocycles. The van der Waals surface area contributed by atoms with Crippen molar-refractivity contribution in [2.45, 2.75) is 0 Å². The zero-order valence-corrected chi connectivity index (χ0v) is 13.8. The van der Waals surface area contributed by atoms with Crippen molar-refractivity contribution in [2.75, 3.05) is 0 Å². The van der Waals surface area contributed by atoms with Crippen LogP contribution in [0.25, 0.3) is 50.1 Å². The van der Waals surface area contributed by atoms with E-state index in [0.29, 0.717) is 5.84 Å². The van der Waals surface area contributed by atoms with E-state index in [2.05, 4.69) is 28.7 Å². The molecular weight excluding hydrogens is 322 g/mol. The number of oxazole rings is 1. The van der Waals surface area contributed by atoms with E-state index in [4.69, 9.17) is 14.4 Å². The molecule has 6 rings (SSSR count). The van der Waals surface area contributed by atoms with Gasteiger partial charge in [-0.1, -0.05) is 60.7 Å². The Morgan fingerprint density at radius 2 is 1.50 bits per heavy atom. The highest BCUT2D eigenvalue weighted by Gasteiger charge is 2.19. The molecule has 0 bridgehead atoms. The van der Waals surface area contributed by atoms with Crippen molar-refractivity contribution in [1.82, 2.24) is 14.4 Å². The van der Waals surface area contributed by atoms with Gasteiger partial charge in [-0.05, 0) is 18.2 Å². The molecule has 0 amide bonds. The van der Waals surface area contributed by atoms with Gasteiger partial charge < -0.3 is 4.42 Å². The van der Waals surface area contributed by atoms with Gasteiger partial charge in [-0.3, -0.25) is 4.40 Å². The Balaban J connectivity index is 1.91. The first-order chi connectivity index (χ1) is 12.9. The number of aromatic nitrogens is 3. The van der Waals surface area contributed by atoms with Gasteiger partial charge in [-0.2, -0.15) is 4.98 Å². The molecule has 4 nitrogen and oxygen atoms in total. The van der Waals surface area contributed by atoms with Gasteiger partial charge in [-0.15, -0.1) is 0 Å². The lowest BCUT2D eigenvalue weighted by Gasteiger charge is -2.07. The number of pyridine rings is 1.